The summed E-state index contributed by atoms with van der Waals surface area (Å²) >= 11 is 0. The zero-order chi connectivity index (χ0) is 13.7. The summed E-state index contributed by atoms with van der Waals surface area (Å²) in [7, 11) is 3.29. The Kier molecular flexibility index (Phi) is 5.19. The number of hydrogen-bond donors (Lipinski definition) is 1. The molecule has 1 saturated carbocycles. The van der Waals surface area contributed by atoms with Crippen LogP contribution in [0.5, 0.6) is 5.75 Å². The predicted molar refractivity (Wildman–Crippen MR) is 72.3 cm³/mol. The molecule has 106 valence electrons. The molecule has 2 atom stereocenters. The fourth-order valence-corrected chi connectivity index (χ4v) is 2.27. The molecule has 1 fully saturated rings. The van der Waals surface area contributed by atoms with E-state index in [1.54, 1.807) is 14.2 Å². The maximum absolute atomic E-state index is 10.5. The van der Waals surface area contributed by atoms with Crippen LogP contribution in [0.3, 0.4) is 0 Å². The second kappa shape index (κ2) is 6.89. The summed E-state index contributed by atoms with van der Waals surface area (Å²) < 4.78 is 16.1. The molecule has 0 saturated heterocycles. The molecule has 0 spiro atoms. The molecule has 1 aliphatic rings. The van der Waals surface area contributed by atoms with Gasteiger partial charge in [0.1, 0.15) is 18.5 Å². The van der Waals surface area contributed by atoms with Crippen LogP contribution in [0.15, 0.2) is 24.3 Å². The van der Waals surface area contributed by atoms with E-state index in [9.17, 15) is 5.11 Å². The van der Waals surface area contributed by atoms with Gasteiger partial charge in [-0.3, -0.25) is 0 Å². The van der Waals surface area contributed by atoms with E-state index < -0.39 is 6.10 Å². The molecule has 2 unspecified atom stereocenters. The molecular weight excluding hydrogens is 244 g/mol. The number of para-hydroxylation sites is 1. The van der Waals surface area contributed by atoms with Crippen molar-refractivity contribution in [1.29, 1.82) is 0 Å². The highest BCUT2D eigenvalue weighted by Gasteiger charge is 2.37. The van der Waals surface area contributed by atoms with E-state index in [2.05, 4.69) is 0 Å². The van der Waals surface area contributed by atoms with E-state index in [1.807, 2.05) is 24.3 Å². The average Bonchev–Trinajstić information content (AvgIpc) is 3.25. The van der Waals surface area contributed by atoms with Crippen LogP contribution in [0.2, 0.25) is 0 Å². The van der Waals surface area contributed by atoms with E-state index >= 15 is 0 Å². The first-order chi connectivity index (χ1) is 9.27. The molecule has 0 radical (unpaired) electrons. The van der Waals surface area contributed by atoms with Gasteiger partial charge in [-0.15, -0.1) is 0 Å². The molecule has 0 amide bonds. The minimum Gasteiger partial charge on any atom is -0.491 e. The molecule has 1 aliphatic carbocycles. The van der Waals surface area contributed by atoms with Crippen molar-refractivity contribution in [2.24, 2.45) is 5.92 Å². The van der Waals surface area contributed by atoms with Crippen molar-refractivity contribution in [2.45, 2.75) is 25.0 Å². The molecule has 0 aromatic heterocycles. The lowest BCUT2D eigenvalue weighted by Gasteiger charge is -2.23. The quantitative estimate of drug-likeness (QED) is 0.733. The van der Waals surface area contributed by atoms with Gasteiger partial charge >= 0.3 is 0 Å². The highest BCUT2D eigenvalue weighted by Crippen LogP contribution is 2.41. The summed E-state index contributed by atoms with van der Waals surface area (Å²) in [4.78, 5) is 0. The summed E-state index contributed by atoms with van der Waals surface area (Å²) in [6.45, 7) is 1.00. The van der Waals surface area contributed by atoms with Crippen LogP contribution >= 0.6 is 0 Å². The van der Waals surface area contributed by atoms with E-state index in [-0.39, 0.29) is 6.10 Å². The molecule has 1 N–H and O–H groups in total. The van der Waals surface area contributed by atoms with E-state index in [0.717, 1.165) is 18.4 Å². The number of hydrogen-bond acceptors (Lipinski definition) is 4. The molecule has 19 heavy (non-hydrogen) atoms. The summed E-state index contributed by atoms with van der Waals surface area (Å²) in [5, 5.41) is 10.5. The van der Waals surface area contributed by atoms with Crippen LogP contribution in [0, 0.1) is 5.92 Å². The Morgan fingerprint density at radius 3 is 2.58 bits per heavy atom. The number of ether oxygens (including phenoxy) is 3. The monoisotopic (exact) mass is 266 g/mol. The average molecular weight is 266 g/mol. The first-order valence-corrected chi connectivity index (χ1v) is 6.69. The van der Waals surface area contributed by atoms with E-state index in [0.29, 0.717) is 24.9 Å². The molecule has 4 heteroatoms. The van der Waals surface area contributed by atoms with Gasteiger partial charge in [-0.2, -0.15) is 0 Å². The third-order valence-electron chi connectivity index (χ3n) is 3.45. The Bertz CT molecular complexity index is 389. The number of methoxy groups -OCH3 is 2. The first kappa shape index (κ1) is 14.3. The maximum atomic E-state index is 10.5. The van der Waals surface area contributed by atoms with Crippen LogP contribution in [0.25, 0.3) is 0 Å². The number of benzene rings is 1. The van der Waals surface area contributed by atoms with Crippen molar-refractivity contribution < 1.29 is 19.3 Å². The standard InChI is InChI=1S/C15H22O4/c1-17-9-10-19-13-6-4-3-5-12(13)14(16)15(18-2)11-7-8-11/h3-6,11,14-16H,7-10H2,1-2H3. The summed E-state index contributed by atoms with van der Waals surface area (Å²) in [6, 6.07) is 7.56. The Balaban J connectivity index is 2.08. The zero-order valence-electron chi connectivity index (χ0n) is 11.5. The summed E-state index contributed by atoms with van der Waals surface area (Å²) in [6.07, 6.45) is 1.47. The summed E-state index contributed by atoms with van der Waals surface area (Å²) in [5.74, 6) is 1.17. The molecule has 0 heterocycles. The molecule has 4 nitrogen and oxygen atoms in total. The van der Waals surface area contributed by atoms with E-state index in [1.165, 1.54) is 0 Å². The molecule has 0 bridgehead atoms. The number of aliphatic hydroxyl groups is 1. The SMILES string of the molecule is COCCOc1ccccc1C(O)C(OC)C1CC1. The second-order valence-electron chi connectivity index (χ2n) is 4.86. The van der Waals surface area contributed by atoms with Crippen LogP contribution in [-0.4, -0.2) is 38.6 Å². The van der Waals surface area contributed by atoms with Gasteiger partial charge in [0.2, 0.25) is 0 Å². The Morgan fingerprint density at radius 1 is 1.21 bits per heavy atom. The molecule has 0 aliphatic heterocycles. The van der Waals surface area contributed by atoms with Crippen molar-refractivity contribution in [3.8, 4) is 5.75 Å². The second-order valence-corrected chi connectivity index (χ2v) is 4.86. The van der Waals surface area contributed by atoms with Crippen LogP contribution in [0.4, 0.5) is 0 Å². The van der Waals surface area contributed by atoms with Gasteiger partial charge in [-0.05, 0) is 24.8 Å². The molecule has 1 aromatic carbocycles. The van der Waals surface area contributed by atoms with Crippen molar-refractivity contribution >= 4 is 0 Å². The molecule has 1 aromatic rings. The zero-order valence-corrected chi connectivity index (χ0v) is 11.5. The van der Waals surface area contributed by atoms with Crippen LogP contribution < -0.4 is 4.74 Å². The Labute approximate surface area is 114 Å². The van der Waals surface area contributed by atoms with Crippen LogP contribution in [0.1, 0.15) is 24.5 Å². The van der Waals surface area contributed by atoms with Gasteiger partial charge in [0, 0.05) is 19.8 Å². The van der Waals surface area contributed by atoms with Gasteiger partial charge in [-0.1, -0.05) is 18.2 Å². The normalized spacial score (nSPS) is 18.1. The fourth-order valence-electron chi connectivity index (χ4n) is 2.27. The lowest BCUT2D eigenvalue weighted by atomic mass is 10.00. The van der Waals surface area contributed by atoms with Crippen molar-refractivity contribution in [3.05, 3.63) is 29.8 Å². The lowest BCUT2D eigenvalue weighted by molar-refractivity contribution is -0.0272. The molecule has 2 rings (SSSR count). The lowest BCUT2D eigenvalue weighted by Crippen LogP contribution is -2.23. The van der Waals surface area contributed by atoms with Crippen molar-refractivity contribution in [1.82, 2.24) is 0 Å². The Hall–Kier alpha value is -1.10. The van der Waals surface area contributed by atoms with Crippen molar-refractivity contribution in [3.63, 3.8) is 0 Å². The fraction of sp³-hybridized carbons (Fsp3) is 0.600. The van der Waals surface area contributed by atoms with Gasteiger partial charge in [0.15, 0.2) is 0 Å². The minimum atomic E-state index is -0.642. The van der Waals surface area contributed by atoms with Gasteiger partial charge in [0.25, 0.3) is 0 Å². The Morgan fingerprint density at radius 2 is 1.95 bits per heavy atom. The highest BCUT2D eigenvalue weighted by molar-refractivity contribution is 5.36. The molecular formula is C15H22O4. The smallest absolute Gasteiger partial charge is 0.125 e. The third kappa shape index (κ3) is 3.69. The number of aliphatic hydroxyl groups excluding tert-OH is 1. The number of rotatable bonds is 8. The third-order valence-corrected chi connectivity index (χ3v) is 3.45. The van der Waals surface area contributed by atoms with Crippen molar-refractivity contribution in [2.75, 3.05) is 27.4 Å². The summed E-state index contributed by atoms with van der Waals surface area (Å²) in [5.41, 5.74) is 0.789. The topological polar surface area (TPSA) is 47.9 Å². The highest BCUT2D eigenvalue weighted by atomic mass is 16.5. The minimum absolute atomic E-state index is 0.146. The van der Waals surface area contributed by atoms with Gasteiger partial charge in [-0.25, -0.2) is 0 Å². The maximum Gasteiger partial charge on any atom is 0.125 e. The van der Waals surface area contributed by atoms with E-state index in [4.69, 9.17) is 14.2 Å². The van der Waals surface area contributed by atoms with Gasteiger partial charge in [0.05, 0.1) is 12.7 Å². The predicted octanol–water partition coefficient (Wildman–Crippen LogP) is 2.17. The largest absolute Gasteiger partial charge is 0.491 e. The van der Waals surface area contributed by atoms with Gasteiger partial charge < -0.3 is 19.3 Å². The first-order valence-electron chi connectivity index (χ1n) is 6.69. The van der Waals surface area contributed by atoms with Crippen LogP contribution in [-0.2, 0) is 9.47 Å².